The number of nitrogens with zero attached hydrogens (tertiary/aromatic N) is 3. The summed E-state index contributed by atoms with van der Waals surface area (Å²) in [7, 11) is 0. The Kier molecular flexibility index (Phi) is 6.80. The van der Waals surface area contributed by atoms with Crippen LogP contribution >= 0.6 is 11.6 Å². The van der Waals surface area contributed by atoms with Crippen molar-refractivity contribution in [3.63, 3.8) is 0 Å². The van der Waals surface area contributed by atoms with Crippen molar-refractivity contribution in [1.29, 1.82) is 0 Å². The molecule has 0 aliphatic rings. The first kappa shape index (κ1) is 20.0. The van der Waals surface area contributed by atoms with Gasteiger partial charge >= 0.3 is 0 Å². The maximum absolute atomic E-state index is 11.9. The molecular weight excluding hydrogens is 352 g/mol. The first-order valence-corrected chi connectivity index (χ1v) is 8.90. The van der Waals surface area contributed by atoms with Gasteiger partial charge in [0.15, 0.2) is 6.61 Å². The van der Waals surface area contributed by atoms with Gasteiger partial charge in [-0.2, -0.15) is 10.2 Å². The Balaban J connectivity index is 1.90. The molecule has 1 amide bonds. The Labute approximate surface area is 159 Å². The van der Waals surface area contributed by atoms with Crippen molar-refractivity contribution in [2.24, 2.45) is 11.0 Å². The van der Waals surface area contributed by atoms with E-state index in [1.165, 1.54) is 11.8 Å². The Morgan fingerprint density at radius 3 is 2.73 bits per heavy atom. The topological polar surface area (TPSA) is 68.5 Å². The van der Waals surface area contributed by atoms with E-state index in [2.05, 4.69) is 29.5 Å². The van der Waals surface area contributed by atoms with Crippen LogP contribution in [0.15, 0.2) is 23.3 Å². The van der Waals surface area contributed by atoms with Crippen molar-refractivity contribution < 1.29 is 9.53 Å². The second kappa shape index (κ2) is 8.85. The lowest BCUT2D eigenvalue weighted by molar-refractivity contribution is -0.123. The number of halogens is 1. The number of rotatable bonds is 7. The number of ether oxygens (including phenoxy) is 1. The first-order valence-electron chi connectivity index (χ1n) is 8.52. The van der Waals surface area contributed by atoms with Crippen LogP contribution in [-0.4, -0.2) is 28.5 Å². The van der Waals surface area contributed by atoms with Crippen LogP contribution in [0.3, 0.4) is 0 Å². The largest absolute Gasteiger partial charge is 0.484 e. The summed E-state index contributed by atoms with van der Waals surface area (Å²) >= 11 is 6.33. The Bertz CT molecular complexity index is 812. The smallest absolute Gasteiger partial charge is 0.277 e. The zero-order valence-corrected chi connectivity index (χ0v) is 16.6. The van der Waals surface area contributed by atoms with E-state index >= 15 is 0 Å². The number of hydrogen-bond donors (Lipinski definition) is 1. The predicted molar refractivity (Wildman–Crippen MR) is 104 cm³/mol. The molecular formula is C19H25ClN4O2. The molecule has 7 heteroatoms. The summed E-state index contributed by atoms with van der Waals surface area (Å²) in [4.78, 5) is 11.9. The van der Waals surface area contributed by atoms with Crippen molar-refractivity contribution in [3.8, 4) is 5.75 Å². The van der Waals surface area contributed by atoms with Gasteiger partial charge in [0.1, 0.15) is 10.9 Å². The maximum atomic E-state index is 11.9. The molecule has 1 aromatic carbocycles. The molecule has 1 aromatic heterocycles. The molecule has 1 N–H and O–H groups in total. The van der Waals surface area contributed by atoms with E-state index in [4.69, 9.17) is 16.3 Å². The van der Waals surface area contributed by atoms with E-state index in [-0.39, 0.29) is 12.5 Å². The molecule has 0 radical (unpaired) electrons. The second-order valence-corrected chi connectivity index (χ2v) is 7.05. The molecule has 6 nitrogen and oxygen atoms in total. The molecule has 0 saturated heterocycles. The van der Waals surface area contributed by atoms with Crippen LogP contribution in [0.25, 0.3) is 0 Å². The maximum Gasteiger partial charge on any atom is 0.277 e. The molecule has 0 aliphatic heterocycles. The van der Waals surface area contributed by atoms with Crippen molar-refractivity contribution >= 4 is 23.7 Å². The highest BCUT2D eigenvalue weighted by Crippen LogP contribution is 2.19. The van der Waals surface area contributed by atoms with E-state index in [0.29, 0.717) is 22.4 Å². The number of nitrogens with one attached hydrogen (secondary N) is 1. The van der Waals surface area contributed by atoms with E-state index in [0.717, 1.165) is 17.8 Å². The average molecular weight is 377 g/mol. The summed E-state index contributed by atoms with van der Waals surface area (Å²) in [6.07, 6.45) is 1.51. The Morgan fingerprint density at radius 2 is 2.08 bits per heavy atom. The van der Waals surface area contributed by atoms with Crippen LogP contribution < -0.4 is 10.2 Å². The fraction of sp³-hybridized carbons (Fsp3) is 0.421. The number of amides is 1. The molecule has 0 saturated carbocycles. The minimum absolute atomic E-state index is 0.112. The third-order valence-corrected chi connectivity index (χ3v) is 4.28. The summed E-state index contributed by atoms with van der Waals surface area (Å²) in [6.45, 7) is 10.7. The van der Waals surface area contributed by atoms with Gasteiger partial charge in [0.2, 0.25) is 0 Å². The van der Waals surface area contributed by atoms with Crippen LogP contribution in [0.5, 0.6) is 5.75 Å². The van der Waals surface area contributed by atoms with E-state index < -0.39 is 0 Å². The summed E-state index contributed by atoms with van der Waals surface area (Å²) in [6, 6.07) is 5.70. The number of carbonyl (C=O) groups is 1. The molecule has 0 fully saturated rings. The predicted octanol–water partition coefficient (Wildman–Crippen LogP) is 3.65. The summed E-state index contributed by atoms with van der Waals surface area (Å²) in [5.41, 5.74) is 6.20. The molecule has 2 rings (SSSR count). The van der Waals surface area contributed by atoms with E-state index in [9.17, 15) is 4.79 Å². The minimum atomic E-state index is -0.345. The van der Waals surface area contributed by atoms with Crippen LogP contribution in [0.4, 0.5) is 0 Å². The number of aromatic nitrogens is 2. The molecule has 0 unspecified atom stereocenters. The monoisotopic (exact) mass is 376 g/mol. The number of hydrogen-bond acceptors (Lipinski definition) is 4. The van der Waals surface area contributed by atoms with Gasteiger partial charge in [0.25, 0.3) is 5.91 Å². The summed E-state index contributed by atoms with van der Waals surface area (Å²) < 4.78 is 7.22. The van der Waals surface area contributed by atoms with Crippen molar-refractivity contribution in [3.05, 3.63) is 45.7 Å². The second-order valence-electron chi connectivity index (χ2n) is 6.69. The van der Waals surface area contributed by atoms with Gasteiger partial charge in [0, 0.05) is 6.54 Å². The van der Waals surface area contributed by atoms with Crippen LogP contribution in [0.2, 0.25) is 5.15 Å². The lowest BCUT2D eigenvalue weighted by atomic mass is 10.1. The Morgan fingerprint density at radius 1 is 1.35 bits per heavy atom. The molecule has 2 aromatic rings. The number of hydrazone groups is 1. The van der Waals surface area contributed by atoms with Crippen molar-refractivity contribution in [2.45, 2.75) is 41.2 Å². The molecule has 26 heavy (non-hydrogen) atoms. The number of carbonyl (C=O) groups excluding carboxylic acids is 1. The summed E-state index contributed by atoms with van der Waals surface area (Å²) in [5, 5.41) is 8.87. The van der Waals surface area contributed by atoms with Gasteiger partial charge in [-0.3, -0.25) is 9.48 Å². The van der Waals surface area contributed by atoms with Crippen LogP contribution in [-0.2, 0) is 11.3 Å². The minimum Gasteiger partial charge on any atom is -0.484 e. The molecule has 1 heterocycles. The quantitative estimate of drug-likeness (QED) is 0.592. The number of aryl methyl sites for hydroxylation is 3. The van der Waals surface area contributed by atoms with Gasteiger partial charge in [-0.1, -0.05) is 31.5 Å². The van der Waals surface area contributed by atoms with E-state index in [1.807, 2.05) is 39.0 Å². The van der Waals surface area contributed by atoms with Gasteiger partial charge in [-0.05, 0) is 49.9 Å². The number of benzene rings is 1. The summed E-state index contributed by atoms with van der Waals surface area (Å²) in [5.74, 6) is 0.739. The van der Waals surface area contributed by atoms with Crippen molar-refractivity contribution in [1.82, 2.24) is 15.2 Å². The lowest BCUT2D eigenvalue weighted by Gasteiger charge is -2.07. The molecule has 140 valence electrons. The average Bonchev–Trinajstić information content (AvgIpc) is 2.82. The van der Waals surface area contributed by atoms with Gasteiger partial charge in [-0.25, -0.2) is 5.43 Å². The highest BCUT2D eigenvalue weighted by Gasteiger charge is 2.12. The van der Waals surface area contributed by atoms with Gasteiger partial charge in [-0.15, -0.1) is 0 Å². The zero-order valence-electron chi connectivity index (χ0n) is 15.8. The van der Waals surface area contributed by atoms with Gasteiger partial charge in [0.05, 0.1) is 17.5 Å². The fourth-order valence-corrected chi connectivity index (χ4v) is 2.63. The highest BCUT2D eigenvalue weighted by molar-refractivity contribution is 6.32. The normalized spacial score (nSPS) is 11.3. The van der Waals surface area contributed by atoms with Crippen molar-refractivity contribution in [2.75, 3.05) is 6.61 Å². The van der Waals surface area contributed by atoms with Gasteiger partial charge < -0.3 is 4.74 Å². The third kappa shape index (κ3) is 5.33. The SMILES string of the molecule is Cc1ccc(OCC(=O)N/N=C\c2c(C)nn(CC(C)C)c2Cl)cc1C. The molecule has 0 spiro atoms. The third-order valence-electron chi connectivity index (χ3n) is 3.88. The fourth-order valence-electron chi connectivity index (χ4n) is 2.33. The molecule has 0 bridgehead atoms. The van der Waals surface area contributed by atoms with E-state index in [1.54, 1.807) is 4.68 Å². The molecule has 0 atom stereocenters. The molecule has 0 aliphatic carbocycles. The zero-order chi connectivity index (χ0) is 19.3. The van der Waals surface area contributed by atoms with Crippen LogP contribution in [0, 0.1) is 26.7 Å². The van der Waals surface area contributed by atoms with Crippen LogP contribution in [0.1, 0.15) is 36.2 Å². The lowest BCUT2D eigenvalue weighted by Crippen LogP contribution is -2.24. The Hall–Kier alpha value is -2.34. The standard InChI is InChI=1S/C19H25ClN4O2/c1-12(2)10-24-19(20)17(15(5)23-24)9-21-22-18(25)11-26-16-7-6-13(3)14(4)8-16/h6-9,12H,10-11H2,1-5H3,(H,22,25)/b21-9-. The first-order chi connectivity index (χ1) is 12.3. The highest BCUT2D eigenvalue weighted by atomic mass is 35.5.